The number of hydrogen-bond acceptors (Lipinski definition) is 9. The Bertz CT molecular complexity index is 1560. The molecule has 1 aliphatic heterocycles. The maximum absolute atomic E-state index is 14.2. The van der Waals surface area contributed by atoms with Crippen molar-refractivity contribution >= 4 is 35.1 Å². The highest BCUT2D eigenvalue weighted by atomic mass is 32.1. The SMILES string of the molecule is CC[C@H](C)[C@H](CC(=O)[C@@]1(C)CCCN1C)C(=O)N(C)[C@H](C[C@@H](OC(=O)N(C)C)c1nc(C(=O)Oc2c(F)c(F)c(F)c(F)c2F)cs1)C(C)C. The number of rotatable bonds is 14. The number of ether oxygens (including phenoxy) is 2. The summed E-state index contributed by atoms with van der Waals surface area (Å²) < 4.78 is 79.4. The molecular formula is C34H45F5N4O6S. The second-order valence-corrected chi connectivity index (χ2v) is 14.4. The molecule has 278 valence electrons. The molecule has 0 aliphatic carbocycles. The third kappa shape index (κ3) is 8.61. The number of thiazole rings is 1. The van der Waals surface area contributed by atoms with Crippen LogP contribution < -0.4 is 4.74 Å². The Morgan fingerprint density at radius 2 is 1.58 bits per heavy atom. The number of halogens is 5. The molecule has 2 aromatic rings. The Labute approximate surface area is 292 Å². The zero-order chi connectivity index (χ0) is 37.8. The highest BCUT2D eigenvalue weighted by Gasteiger charge is 2.44. The maximum atomic E-state index is 14.2. The molecule has 1 fully saturated rings. The van der Waals surface area contributed by atoms with Crippen molar-refractivity contribution in [2.75, 3.05) is 34.7 Å². The molecule has 2 heterocycles. The molecule has 3 rings (SSSR count). The van der Waals surface area contributed by atoms with E-state index in [0.29, 0.717) is 12.8 Å². The lowest BCUT2D eigenvalue weighted by Gasteiger charge is -2.38. The van der Waals surface area contributed by atoms with E-state index >= 15 is 0 Å². The predicted octanol–water partition coefficient (Wildman–Crippen LogP) is 6.78. The molecule has 1 aliphatic rings. The van der Waals surface area contributed by atoms with Gasteiger partial charge in [0, 0.05) is 51.3 Å². The molecule has 0 bridgehead atoms. The second kappa shape index (κ2) is 16.6. The Morgan fingerprint density at radius 1 is 1.00 bits per heavy atom. The van der Waals surface area contributed by atoms with Gasteiger partial charge in [0.2, 0.25) is 40.7 Å². The first-order valence-corrected chi connectivity index (χ1v) is 17.2. The summed E-state index contributed by atoms with van der Waals surface area (Å²) in [6.07, 6.45) is 0.383. The summed E-state index contributed by atoms with van der Waals surface area (Å²) in [7, 11) is 6.42. The summed E-state index contributed by atoms with van der Waals surface area (Å²) in [5.41, 5.74) is -1.21. The first kappa shape index (κ1) is 40.8. The molecule has 50 heavy (non-hydrogen) atoms. The van der Waals surface area contributed by atoms with Crippen molar-refractivity contribution in [3.63, 3.8) is 0 Å². The van der Waals surface area contributed by atoms with Crippen molar-refractivity contribution in [1.29, 1.82) is 0 Å². The van der Waals surface area contributed by atoms with E-state index in [1.165, 1.54) is 14.1 Å². The Kier molecular flexibility index (Phi) is 13.5. The van der Waals surface area contributed by atoms with Crippen LogP contribution in [0.5, 0.6) is 5.75 Å². The minimum atomic E-state index is -2.41. The van der Waals surface area contributed by atoms with Crippen LogP contribution in [0.2, 0.25) is 0 Å². The van der Waals surface area contributed by atoms with Gasteiger partial charge in [0.25, 0.3) is 0 Å². The van der Waals surface area contributed by atoms with Gasteiger partial charge >= 0.3 is 12.1 Å². The fourth-order valence-electron chi connectivity index (χ4n) is 5.98. The Balaban J connectivity index is 1.91. The minimum Gasteiger partial charge on any atom is -0.439 e. The van der Waals surface area contributed by atoms with Crippen molar-refractivity contribution in [3.05, 3.63) is 45.2 Å². The number of amides is 2. The number of aromatic nitrogens is 1. The number of hydrogen-bond donors (Lipinski definition) is 0. The van der Waals surface area contributed by atoms with Gasteiger partial charge in [-0.2, -0.15) is 8.78 Å². The summed E-state index contributed by atoms with van der Waals surface area (Å²) in [6, 6.07) is -0.568. The van der Waals surface area contributed by atoms with Crippen molar-refractivity contribution in [2.24, 2.45) is 17.8 Å². The number of ketones is 1. The zero-order valence-electron chi connectivity index (χ0n) is 29.7. The van der Waals surface area contributed by atoms with Crippen molar-refractivity contribution in [3.8, 4) is 5.75 Å². The smallest absolute Gasteiger partial charge is 0.409 e. The summed E-state index contributed by atoms with van der Waals surface area (Å²) >= 11 is 0.822. The number of likely N-dealkylation sites (tertiary alicyclic amines) is 1. The number of nitrogens with zero attached hydrogens (tertiary/aromatic N) is 4. The van der Waals surface area contributed by atoms with E-state index in [1.807, 2.05) is 46.6 Å². The van der Waals surface area contributed by atoms with E-state index in [0.717, 1.165) is 34.6 Å². The molecule has 0 saturated carbocycles. The molecular weight excluding hydrogens is 687 g/mol. The van der Waals surface area contributed by atoms with Gasteiger partial charge in [-0.05, 0) is 45.2 Å². The van der Waals surface area contributed by atoms with Gasteiger partial charge in [0.05, 0.1) is 5.54 Å². The number of carbonyl (C=O) groups is 4. The average Bonchev–Trinajstić information content (AvgIpc) is 3.71. The first-order chi connectivity index (χ1) is 23.3. The summed E-state index contributed by atoms with van der Waals surface area (Å²) in [5, 5.41) is 1.16. The largest absolute Gasteiger partial charge is 0.439 e. The van der Waals surface area contributed by atoms with Crippen LogP contribution in [0.25, 0.3) is 0 Å². The van der Waals surface area contributed by atoms with Gasteiger partial charge < -0.3 is 19.3 Å². The van der Waals surface area contributed by atoms with Crippen molar-refractivity contribution in [1.82, 2.24) is 19.7 Å². The minimum absolute atomic E-state index is 0.000748. The molecule has 1 saturated heterocycles. The Hall–Kier alpha value is -3.66. The lowest BCUT2D eigenvalue weighted by Crippen LogP contribution is -2.50. The molecule has 0 spiro atoms. The van der Waals surface area contributed by atoms with Crippen LogP contribution in [0.1, 0.15) is 88.3 Å². The third-order valence-electron chi connectivity index (χ3n) is 9.70. The van der Waals surface area contributed by atoms with Gasteiger partial charge in [-0.25, -0.2) is 27.7 Å². The fourth-order valence-corrected chi connectivity index (χ4v) is 6.81. The molecule has 2 amide bonds. The van der Waals surface area contributed by atoms with Gasteiger partial charge in [0.1, 0.15) is 5.01 Å². The van der Waals surface area contributed by atoms with Crippen LogP contribution in [0.15, 0.2) is 5.38 Å². The van der Waals surface area contributed by atoms with Crippen LogP contribution in [0, 0.1) is 46.8 Å². The molecule has 1 aromatic heterocycles. The first-order valence-electron chi connectivity index (χ1n) is 16.3. The summed E-state index contributed by atoms with van der Waals surface area (Å²) in [6.45, 7) is 10.3. The van der Waals surface area contributed by atoms with Crippen molar-refractivity contribution in [2.45, 2.75) is 84.4 Å². The summed E-state index contributed by atoms with van der Waals surface area (Å²) in [5.74, 6) is -16.2. The second-order valence-electron chi connectivity index (χ2n) is 13.5. The maximum Gasteiger partial charge on any atom is 0.409 e. The van der Waals surface area contributed by atoms with Gasteiger partial charge in [-0.3, -0.25) is 14.5 Å². The van der Waals surface area contributed by atoms with Crippen molar-refractivity contribution < 1.29 is 50.6 Å². The molecule has 0 N–H and O–H groups in total. The quantitative estimate of drug-likeness (QED) is 0.0689. The van der Waals surface area contributed by atoms with E-state index in [1.54, 1.807) is 11.9 Å². The third-order valence-corrected chi connectivity index (χ3v) is 10.6. The van der Waals surface area contributed by atoms with Gasteiger partial charge in [-0.1, -0.05) is 34.1 Å². The molecule has 10 nitrogen and oxygen atoms in total. The van der Waals surface area contributed by atoms with Gasteiger partial charge in [0.15, 0.2) is 17.6 Å². The standard InChI is InChI=1S/C34H45F5N4O6S/c1-10-18(4)19(14-23(44)34(5)12-11-13-42(34)8)31(45)43(9)21(17(2)3)15-22(48-33(47)41(6)7)30-40-20(16-50-30)32(46)49-29-27(38)25(36)24(35)26(37)28(29)39/h16-19,21-22H,10-15H2,1-9H3/t18-,19-,21+,22+,34+/m0/s1. The fraction of sp³-hybridized carbons (Fsp3) is 0.618. The molecule has 0 radical (unpaired) electrons. The molecule has 0 unspecified atom stereocenters. The number of esters is 1. The summed E-state index contributed by atoms with van der Waals surface area (Å²) in [4.78, 5) is 62.2. The highest BCUT2D eigenvalue weighted by Crippen LogP contribution is 2.36. The molecule has 16 heteroatoms. The van der Waals surface area contributed by atoms with Crippen LogP contribution in [0.3, 0.4) is 0 Å². The zero-order valence-corrected chi connectivity index (χ0v) is 30.6. The highest BCUT2D eigenvalue weighted by molar-refractivity contribution is 7.09. The monoisotopic (exact) mass is 732 g/mol. The normalized spacial score (nSPS) is 18.8. The van der Waals surface area contributed by atoms with E-state index in [-0.39, 0.29) is 41.4 Å². The Morgan fingerprint density at radius 3 is 2.08 bits per heavy atom. The van der Waals surface area contributed by atoms with Crippen LogP contribution in [-0.2, 0) is 14.3 Å². The lowest BCUT2D eigenvalue weighted by molar-refractivity contribution is -0.143. The predicted molar refractivity (Wildman–Crippen MR) is 175 cm³/mol. The van der Waals surface area contributed by atoms with Crippen LogP contribution in [0.4, 0.5) is 26.7 Å². The van der Waals surface area contributed by atoms with E-state index < -0.39 is 76.2 Å². The topological polar surface area (TPSA) is 109 Å². The van der Waals surface area contributed by atoms with Gasteiger partial charge in [-0.15, -0.1) is 11.3 Å². The van der Waals surface area contributed by atoms with Crippen LogP contribution in [-0.4, -0.2) is 89.8 Å². The molecule has 1 aromatic carbocycles. The average molecular weight is 733 g/mol. The lowest BCUT2D eigenvalue weighted by atomic mass is 9.80. The van der Waals surface area contributed by atoms with E-state index in [4.69, 9.17) is 4.74 Å². The number of likely N-dealkylation sites (N-methyl/N-ethyl adjacent to an activating group) is 1. The van der Waals surface area contributed by atoms with Crippen LogP contribution >= 0.6 is 11.3 Å². The molecule has 5 atom stereocenters. The number of benzene rings is 1. The number of Topliss-reactive ketones (excluding diaryl/α,β-unsaturated/α-hetero) is 1. The van der Waals surface area contributed by atoms with E-state index in [2.05, 4.69) is 9.72 Å². The van der Waals surface area contributed by atoms with E-state index in [9.17, 15) is 41.1 Å². The number of carbonyl (C=O) groups excluding carboxylic acids is 4.